The number of benzene rings is 1. The van der Waals surface area contributed by atoms with Crippen LogP contribution in [0.25, 0.3) is 0 Å². The molecule has 0 bridgehead atoms. The van der Waals surface area contributed by atoms with Gasteiger partial charge >= 0.3 is 0 Å². The molecule has 0 aromatic heterocycles. The summed E-state index contributed by atoms with van der Waals surface area (Å²) < 4.78 is 13.3. The maximum absolute atomic E-state index is 13.3. The lowest BCUT2D eigenvalue weighted by atomic mass is 10.1. The normalized spacial score (nSPS) is 12.2. The molecule has 0 aliphatic heterocycles. The number of thioether (sulfide) groups is 1. The second-order valence-electron chi connectivity index (χ2n) is 3.57. The van der Waals surface area contributed by atoms with Crippen LogP contribution in [0.3, 0.4) is 0 Å². The van der Waals surface area contributed by atoms with E-state index in [1.54, 1.807) is 11.8 Å². The van der Waals surface area contributed by atoms with E-state index in [2.05, 4.69) is 5.32 Å². The van der Waals surface area contributed by atoms with Crippen molar-refractivity contribution in [1.82, 2.24) is 5.32 Å². The van der Waals surface area contributed by atoms with Crippen LogP contribution in [0.2, 0.25) is 0 Å². The van der Waals surface area contributed by atoms with Crippen molar-refractivity contribution in [3.8, 4) is 0 Å². The summed E-state index contributed by atoms with van der Waals surface area (Å²) in [5.74, 6) is -0.190. The Morgan fingerprint density at radius 2 is 2.31 bits per heavy atom. The fourth-order valence-electron chi connectivity index (χ4n) is 1.31. The Hall–Kier alpha value is -1.23. The second-order valence-corrected chi connectivity index (χ2v) is 4.48. The molecule has 16 heavy (non-hydrogen) atoms. The molecule has 0 fully saturated rings. The highest BCUT2D eigenvalue weighted by molar-refractivity contribution is 7.98. The molecule has 0 spiro atoms. The van der Waals surface area contributed by atoms with Gasteiger partial charge in [0.15, 0.2) is 0 Å². The van der Waals surface area contributed by atoms with Gasteiger partial charge in [0.2, 0.25) is 0 Å². The Bertz CT molecular complexity index is 384. The molecule has 0 saturated carbocycles. The standard InChI is InChI=1S/C11H15FN2OS/c1-7(6-16-2)14-11(15)9-5-8(13)3-4-10(9)12/h3-5,7H,6,13H2,1-2H3,(H,14,15). The van der Waals surface area contributed by atoms with Crippen LogP contribution in [0.5, 0.6) is 0 Å². The molecule has 1 atom stereocenters. The lowest BCUT2D eigenvalue weighted by Gasteiger charge is -2.13. The summed E-state index contributed by atoms with van der Waals surface area (Å²) >= 11 is 1.62. The highest BCUT2D eigenvalue weighted by Crippen LogP contribution is 2.12. The van der Waals surface area contributed by atoms with E-state index in [9.17, 15) is 9.18 Å². The summed E-state index contributed by atoms with van der Waals surface area (Å²) in [6, 6.07) is 3.97. The van der Waals surface area contributed by atoms with Crippen molar-refractivity contribution in [2.45, 2.75) is 13.0 Å². The van der Waals surface area contributed by atoms with Crippen molar-refractivity contribution in [3.05, 3.63) is 29.6 Å². The predicted molar refractivity (Wildman–Crippen MR) is 66.1 cm³/mol. The van der Waals surface area contributed by atoms with E-state index in [-0.39, 0.29) is 11.6 Å². The summed E-state index contributed by atoms with van der Waals surface area (Å²) in [5.41, 5.74) is 5.88. The number of carbonyl (C=O) groups is 1. The SMILES string of the molecule is CSCC(C)NC(=O)c1cc(N)ccc1F. The molecular formula is C11H15FN2OS. The largest absolute Gasteiger partial charge is 0.399 e. The number of hydrogen-bond donors (Lipinski definition) is 2. The van der Waals surface area contributed by atoms with Crippen molar-refractivity contribution in [2.75, 3.05) is 17.7 Å². The molecule has 1 amide bonds. The van der Waals surface area contributed by atoms with Gasteiger partial charge in [-0.1, -0.05) is 0 Å². The van der Waals surface area contributed by atoms with Crippen LogP contribution in [0.15, 0.2) is 18.2 Å². The first-order valence-electron chi connectivity index (χ1n) is 4.89. The predicted octanol–water partition coefficient (Wildman–Crippen LogP) is 1.89. The average molecular weight is 242 g/mol. The van der Waals surface area contributed by atoms with Crippen LogP contribution in [0.1, 0.15) is 17.3 Å². The van der Waals surface area contributed by atoms with E-state index in [4.69, 9.17) is 5.73 Å². The first kappa shape index (κ1) is 12.8. The van der Waals surface area contributed by atoms with E-state index in [1.165, 1.54) is 18.2 Å². The summed E-state index contributed by atoms with van der Waals surface area (Å²) in [5, 5.41) is 2.71. The zero-order chi connectivity index (χ0) is 12.1. The third-order valence-electron chi connectivity index (χ3n) is 2.03. The molecule has 88 valence electrons. The Morgan fingerprint density at radius 3 is 2.94 bits per heavy atom. The van der Waals surface area contributed by atoms with Crippen molar-refractivity contribution >= 4 is 23.4 Å². The maximum atomic E-state index is 13.3. The van der Waals surface area contributed by atoms with E-state index in [0.29, 0.717) is 5.69 Å². The molecule has 1 unspecified atom stereocenters. The first-order chi connectivity index (χ1) is 7.54. The second kappa shape index (κ2) is 5.75. The molecule has 0 aliphatic carbocycles. The van der Waals surface area contributed by atoms with Crippen LogP contribution in [-0.4, -0.2) is 24.0 Å². The van der Waals surface area contributed by atoms with Gasteiger partial charge in [0.05, 0.1) is 5.56 Å². The summed E-state index contributed by atoms with van der Waals surface area (Å²) in [7, 11) is 0. The zero-order valence-electron chi connectivity index (χ0n) is 9.29. The van der Waals surface area contributed by atoms with E-state index < -0.39 is 11.7 Å². The molecule has 3 nitrogen and oxygen atoms in total. The lowest BCUT2D eigenvalue weighted by molar-refractivity contribution is 0.0940. The van der Waals surface area contributed by atoms with Crippen LogP contribution >= 0.6 is 11.8 Å². The van der Waals surface area contributed by atoms with E-state index in [1.807, 2.05) is 13.2 Å². The maximum Gasteiger partial charge on any atom is 0.254 e. The molecule has 0 aliphatic rings. The Morgan fingerprint density at radius 1 is 1.62 bits per heavy atom. The fourth-order valence-corrected chi connectivity index (χ4v) is 1.89. The highest BCUT2D eigenvalue weighted by atomic mass is 32.2. The van der Waals surface area contributed by atoms with Crippen molar-refractivity contribution in [3.63, 3.8) is 0 Å². The van der Waals surface area contributed by atoms with Crippen LogP contribution in [-0.2, 0) is 0 Å². The number of amides is 1. The number of nitrogens with two attached hydrogens (primary N) is 1. The number of halogens is 1. The van der Waals surface area contributed by atoms with E-state index >= 15 is 0 Å². The minimum atomic E-state index is -0.553. The molecular weight excluding hydrogens is 227 g/mol. The number of hydrogen-bond acceptors (Lipinski definition) is 3. The molecule has 0 heterocycles. The smallest absolute Gasteiger partial charge is 0.254 e. The molecule has 0 saturated heterocycles. The Kier molecular flexibility index (Phi) is 4.61. The van der Waals surface area contributed by atoms with Gasteiger partial charge < -0.3 is 11.1 Å². The first-order valence-corrected chi connectivity index (χ1v) is 6.28. The lowest BCUT2D eigenvalue weighted by Crippen LogP contribution is -2.34. The third-order valence-corrected chi connectivity index (χ3v) is 2.86. The minimum absolute atomic E-state index is 0.00308. The van der Waals surface area contributed by atoms with Crippen LogP contribution in [0.4, 0.5) is 10.1 Å². The Labute approximate surface area is 98.6 Å². The average Bonchev–Trinajstić information content (AvgIpc) is 2.21. The summed E-state index contributed by atoms with van der Waals surface area (Å²) in [6.07, 6.45) is 1.95. The molecule has 1 aromatic carbocycles. The zero-order valence-corrected chi connectivity index (χ0v) is 10.1. The van der Waals surface area contributed by atoms with Gasteiger partial charge in [-0.3, -0.25) is 4.79 Å². The van der Waals surface area contributed by atoms with Gasteiger partial charge in [-0.25, -0.2) is 4.39 Å². The quantitative estimate of drug-likeness (QED) is 0.793. The van der Waals surface area contributed by atoms with Gasteiger partial charge in [-0.2, -0.15) is 11.8 Å². The third kappa shape index (κ3) is 3.41. The molecule has 1 rings (SSSR count). The van der Waals surface area contributed by atoms with E-state index in [0.717, 1.165) is 5.75 Å². The van der Waals surface area contributed by atoms with Gasteiger partial charge in [0.1, 0.15) is 5.82 Å². The highest BCUT2D eigenvalue weighted by Gasteiger charge is 2.13. The summed E-state index contributed by atoms with van der Waals surface area (Å²) in [4.78, 5) is 11.7. The topological polar surface area (TPSA) is 55.1 Å². The van der Waals surface area contributed by atoms with Crippen LogP contribution < -0.4 is 11.1 Å². The molecule has 1 aromatic rings. The van der Waals surface area contributed by atoms with Crippen molar-refractivity contribution in [2.24, 2.45) is 0 Å². The molecule has 3 N–H and O–H groups in total. The van der Waals surface area contributed by atoms with Crippen molar-refractivity contribution < 1.29 is 9.18 Å². The van der Waals surface area contributed by atoms with Crippen molar-refractivity contribution in [1.29, 1.82) is 0 Å². The van der Waals surface area contributed by atoms with Gasteiger partial charge in [-0.05, 0) is 31.4 Å². The number of rotatable bonds is 4. The monoisotopic (exact) mass is 242 g/mol. The van der Waals surface area contributed by atoms with Gasteiger partial charge in [0, 0.05) is 17.5 Å². The van der Waals surface area contributed by atoms with Gasteiger partial charge in [0.25, 0.3) is 5.91 Å². The number of nitrogen functional groups attached to an aromatic ring is 1. The fraction of sp³-hybridized carbons (Fsp3) is 0.364. The summed E-state index contributed by atoms with van der Waals surface area (Å²) in [6.45, 7) is 1.87. The molecule has 5 heteroatoms. The van der Waals surface area contributed by atoms with Crippen LogP contribution in [0, 0.1) is 5.82 Å². The number of anilines is 1. The number of nitrogens with one attached hydrogen (secondary N) is 1. The number of carbonyl (C=O) groups excluding carboxylic acids is 1. The Balaban J connectivity index is 2.76. The molecule has 0 radical (unpaired) electrons. The minimum Gasteiger partial charge on any atom is -0.399 e. The van der Waals surface area contributed by atoms with Gasteiger partial charge in [-0.15, -0.1) is 0 Å².